The molecule has 1 amide bonds. The van der Waals surface area contributed by atoms with Gasteiger partial charge in [0.2, 0.25) is 0 Å². The van der Waals surface area contributed by atoms with Gasteiger partial charge in [0.05, 0.1) is 13.2 Å². The Morgan fingerprint density at radius 1 is 1.27 bits per heavy atom. The lowest BCUT2D eigenvalue weighted by atomic mass is 10.2. The average molecular weight is 330 g/mol. The Kier molecular flexibility index (Phi) is 7.08. The van der Waals surface area contributed by atoms with E-state index in [-0.39, 0.29) is 5.91 Å². The van der Waals surface area contributed by atoms with Crippen LogP contribution in [-0.2, 0) is 4.74 Å². The number of hydrogen-bond donors (Lipinski definition) is 1. The largest absolute Gasteiger partial charge is 0.379 e. The molecule has 1 N–H and O–H groups in total. The van der Waals surface area contributed by atoms with Crippen LogP contribution in [0.2, 0.25) is 0 Å². The summed E-state index contributed by atoms with van der Waals surface area (Å²) in [5.41, 5.74) is 0.491. The minimum atomic E-state index is -2.44. The highest BCUT2D eigenvalue weighted by Gasteiger charge is 2.10. The number of benzene rings is 1. The van der Waals surface area contributed by atoms with Crippen LogP contribution in [0.25, 0.3) is 0 Å². The summed E-state index contributed by atoms with van der Waals surface area (Å²) in [4.78, 5) is 14.7. The molecule has 22 heavy (non-hydrogen) atoms. The maximum absolute atomic E-state index is 12.2. The molecule has 1 aliphatic heterocycles. The number of halogens is 2. The zero-order chi connectivity index (χ0) is 15.8. The van der Waals surface area contributed by atoms with Crippen LogP contribution in [0.3, 0.4) is 0 Å². The molecule has 0 unspecified atom stereocenters. The third-order valence-electron chi connectivity index (χ3n) is 3.38. The van der Waals surface area contributed by atoms with Gasteiger partial charge in [-0.15, -0.1) is 0 Å². The van der Waals surface area contributed by atoms with E-state index in [2.05, 4.69) is 10.2 Å². The molecular formula is C15H20F2N2O2S. The van der Waals surface area contributed by atoms with Crippen molar-refractivity contribution >= 4 is 17.7 Å². The molecule has 0 saturated carbocycles. The summed E-state index contributed by atoms with van der Waals surface area (Å²) >= 11 is 0.475. The molecule has 0 bridgehead atoms. The van der Waals surface area contributed by atoms with E-state index in [1.54, 1.807) is 24.3 Å². The molecular weight excluding hydrogens is 310 g/mol. The van der Waals surface area contributed by atoms with Crippen molar-refractivity contribution in [2.75, 3.05) is 39.4 Å². The first kappa shape index (κ1) is 17.2. The lowest BCUT2D eigenvalue weighted by Gasteiger charge is -2.26. The van der Waals surface area contributed by atoms with Crippen LogP contribution >= 0.6 is 11.8 Å². The minimum absolute atomic E-state index is 0.171. The normalized spacial score (nSPS) is 16.0. The van der Waals surface area contributed by atoms with Crippen LogP contribution in [0.5, 0.6) is 0 Å². The first-order valence-corrected chi connectivity index (χ1v) is 8.16. The smallest absolute Gasteiger partial charge is 0.288 e. The lowest BCUT2D eigenvalue weighted by Crippen LogP contribution is -2.38. The Morgan fingerprint density at radius 3 is 2.59 bits per heavy atom. The summed E-state index contributed by atoms with van der Waals surface area (Å²) in [5.74, 6) is -2.62. The third-order valence-corrected chi connectivity index (χ3v) is 4.10. The van der Waals surface area contributed by atoms with Crippen LogP contribution in [0.1, 0.15) is 16.8 Å². The van der Waals surface area contributed by atoms with E-state index in [0.29, 0.717) is 28.8 Å². The fraction of sp³-hybridized carbons (Fsp3) is 0.533. The Balaban J connectivity index is 1.68. The van der Waals surface area contributed by atoms with E-state index >= 15 is 0 Å². The van der Waals surface area contributed by atoms with Gasteiger partial charge in [0.1, 0.15) is 0 Å². The molecule has 1 fully saturated rings. The zero-order valence-corrected chi connectivity index (χ0v) is 13.1. The van der Waals surface area contributed by atoms with Crippen molar-refractivity contribution in [3.63, 3.8) is 0 Å². The molecule has 0 spiro atoms. The maximum atomic E-state index is 12.2. The van der Waals surface area contributed by atoms with E-state index in [4.69, 9.17) is 4.74 Å². The van der Waals surface area contributed by atoms with Crippen molar-refractivity contribution in [3.05, 3.63) is 29.8 Å². The first-order valence-electron chi connectivity index (χ1n) is 7.28. The van der Waals surface area contributed by atoms with E-state index in [1.165, 1.54) is 0 Å². The van der Waals surface area contributed by atoms with Crippen LogP contribution in [-0.4, -0.2) is 56.0 Å². The molecule has 4 nitrogen and oxygen atoms in total. The van der Waals surface area contributed by atoms with E-state index in [0.717, 1.165) is 39.3 Å². The predicted molar refractivity (Wildman–Crippen MR) is 82.5 cm³/mol. The molecule has 2 rings (SSSR count). The van der Waals surface area contributed by atoms with Gasteiger partial charge in [-0.1, -0.05) is 11.8 Å². The van der Waals surface area contributed by atoms with Gasteiger partial charge in [0, 0.05) is 30.1 Å². The monoisotopic (exact) mass is 330 g/mol. The number of morpholine rings is 1. The van der Waals surface area contributed by atoms with Crippen molar-refractivity contribution < 1.29 is 18.3 Å². The molecule has 1 saturated heterocycles. The van der Waals surface area contributed by atoms with Crippen molar-refractivity contribution in [3.8, 4) is 0 Å². The topological polar surface area (TPSA) is 41.6 Å². The van der Waals surface area contributed by atoms with Crippen molar-refractivity contribution in [1.29, 1.82) is 0 Å². The van der Waals surface area contributed by atoms with Gasteiger partial charge < -0.3 is 10.1 Å². The van der Waals surface area contributed by atoms with Gasteiger partial charge in [-0.2, -0.15) is 8.78 Å². The third kappa shape index (κ3) is 5.90. The van der Waals surface area contributed by atoms with E-state index in [9.17, 15) is 13.6 Å². The Bertz CT molecular complexity index is 465. The summed E-state index contributed by atoms with van der Waals surface area (Å²) in [5, 5.41) is 2.85. The number of rotatable bonds is 7. The highest BCUT2D eigenvalue weighted by Crippen LogP contribution is 2.25. The highest BCUT2D eigenvalue weighted by atomic mass is 32.2. The minimum Gasteiger partial charge on any atom is -0.379 e. The standard InChI is InChI=1S/C15H20F2N2O2S/c16-15(17)22-13-4-2-12(3-5-13)14(20)18-6-1-7-19-8-10-21-11-9-19/h2-5,15H,1,6-11H2,(H,18,20). The Labute approximate surface area is 133 Å². The number of thioether (sulfide) groups is 1. The van der Waals surface area contributed by atoms with E-state index < -0.39 is 5.76 Å². The Hall–Kier alpha value is -1.18. The number of hydrogen-bond acceptors (Lipinski definition) is 4. The summed E-state index contributed by atoms with van der Waals surface area (Å²) in [6.45, 7) is 4.97. The van der Waals surface area contributed by atoms with Gasteiger partial charge in [-0.3, -0.25) is 9.69 Å². The SMILES string of the molecule is O=C(NCCCN1CCOCC1)c1ccc(SC(F)F)cc1. The summed E-state index contributed by atoms with van der Waals surface area (Å²) in [7, 11) is 0. The molecule has 1 aliphatic rings. The van der Waals surface area contributed by atoms with Crippen LogP contribution in [0, 0.1) is 0 Å². The van der Waals surface area contributed by atoms with Crippen LogP contribution < -0.4 is 5.32 Å². The fourth-order valence-corrected chi connectivity index (χ4v) is 2.72. The van der Waals surface area contributed by atoms with Gasteiger partial charge in [-0.25, -0.2) is 0 Å². The van der Waals surface area contributed by atoms with Gasteiger partial charge >= 0.3 is 0 Å². The second-order valence-corrected chi connectivity index (χ2v) is 6.03. The number of nitrogens with zero attached hydrogens (tertiary/aromatic N) is 1. The van der Waals surface area contributed by atoms with Crippen molar-refractivity contribution in [2.24, 2.45) is 0 Å². The van der Waals surface area contributed by atoms with Crippen LogP contribution in [0.4, 0.5) is 8.78 Å². The number of carbonyl (C=O) groups is 1. The molecule has 0 atom stereocenters. The van der Waals surface area contributed by atoms with E-state index in [1.807, 2.05) is 0 Å². The number of amides is 1. The molecule has 7 heteroatoms. The summed E-state index contributed by atoms with van der Waals surface area (Å²) < 4.78 is 29.7. The molecule has 1 aromatic carbocycles. The summed E-state index contributed by atoms with van der Waals surface area (Å²) in [6.07, 6.45) is 0.880. The molecule has 1 aromatic rings. The van der Waals surface area contributed by atoms with Gasteiger partial charge in [0.15, 0.2) is 0 Å². The highest BCUT2D eigenvalue weighted by molar-refractivity contribution is 7.99. The van der Waals surface area contributed by atoms with Crippen molar-refractivity contribution in [2.45, 2.75) is 17.1 Å². The Morgan fingerprint density at radius 2 is 1.95 bits per heavy atom. The quantitative estimate of drug-likeness (QED) is 0.616. The first-order chi connectivity index (χ1) is 10.6. The molecule has 1 heterocycles. The number of carbonyl (C=O) groups excluding carboxylic acids is 1. The summed E-state index contributed by atoms with van der Waals surface area (Å²) in [6, 6.07) is 6.23. The number of ether oxygens (including phenoxy) is 1. The second-order valence-electron chi connectivity index (χ2n) is 4.97. The fourth-order valence-electron chi connectivity index (χ4n) is 2.22. The molecule has 122 valence electrons. The second kappa shape index (κ2) is 9.07. The number of alkyl halides is 2. The zero-order valence-electron chi connectivity index (χ0n) is 12.3. The maximum Gasteiger partial charge on any atom is 0.288 e. The van der Waals surface area contributed by atoms with Crippen LogP contribution in [0.15, 0.2) is 29.2 Å². The molecule has 0 radical (unpaired) electrons. The molecule has 0 aromatic heterocycles. The van der Waals surface area contributed by atoms with Gasteiger partial charge in [0.25, 0.3) is 11.7 Å². The van der Waals surface area contributed by atoms with Crippen molar-refractivity contribution in [1.82, 2.24) is 10.2 Å². The lowest BCUT2D eigenvalue weighted by molar-refractivity contribution is 0.0374. The predicted octanol–water partition coefficient (Wildman–Crippen LogP) is 2.45. The molecule has 0 aliphatic carbocycles. The van der Waals surface area contributed by atoms with Gasteiger partial charge in [-0.05, 0) is 37.2 Å². The average Bonchev–Trinajstić information content (AvgIpc) is 2.52. The number of nitrogens with one attached hydrogen (secondary N) is 1.